The Kier molecular flexibility index (Phi) is 46.1. The highest BCUT2D eigenvalue weighted by atomic mass is 127. The number of carboxylic acid groups (broad SMARTS) is 3. The number of alkyl halides is 3. The lowest BCUT2D eigenvalue weighted by Crippen LogP contribution is -2.36. The number of carbonyl (C=O) groups excluding carboxylic acids is 7. The number of aromatic hydroxyl groups is 1. The molecule has 0 spiro atoms. The van der Waals surface area contributed by atoms with E-state index in [0.717, 1.165) is 100.0 Å². The largest absolute Gasteiger partial charge is 0.507 e. The van der Waals surface area contributed by atoms with Crippen LogP contribution in [0, 0.1) is 63.9 Å². The van der Waals surface area contributed by atoms with E-state index in [9.17, 15) is 52.6 Å². The van der Waals surface area contributed by atoms with Crippen LogP contribution in [0.3, 0.4) is 0 Å². The van der Waals surface area contributed by atoms with E-state index in [1.54, 1.807) is 203 Å². The standard InChI is InChI=1S/C30H24ClN3O3.C26H28ClNO3.C22H21NO5.C19H20INO3.C8H8O2.C6H6IN.C4H8O.C3H2O2.CH3F/c1-18-4-2-7-24-26(35)15-25-29(28(18)24)21(16-31)17-34(25)27(36)13-8-19-5-3-6-23(14-19)33-30(37)20-9-11-22(32)12-10-20;1-17-9-8-12-20-22(30-16-18-10-6-5-7-11-18)13-21-24(23(17)20)19(14-27)15-28(21)25(29)31-26(2,3)4;1-22(2,3)28-21(27)23-18-10-8-17(9-11-18)19(24)14-16-6-4-5-15(13-16)7-12-20(25)26;1-19(2,3)24-18(23)21-16-9-7-14(8-10-16)17(22)12-13-5-4-6-15(20)11-13;1-6-2-4-7(5-3-6)8(9)10;7-5-2-1-3-6(8)4-5;1-2-4-5-3-1;1-2-3(4)5;1-2/h2-7,9-12,14-15,21,35H,16-17,32H2,1H3,(H,33,37);5-13,19H,14-16H2,1-4H3;4-6,8-11,13H,14H2,1-3H3,(H,23,27)(H,25,26);4-11H,12H2,1-3H3,(H,21,23);2-5H,1H3,(H,9,10);1-4H,8H2;1-4H2;1H,(H,4,5);1H3/t21-;19-;;;;;;;/m11......./s1/i;;;;;;;;1D. The molecule has 3 aliphatic rings. The van der Waals surface area contributed by atoms with E-state index in [1.165, 1.54) is 22.3 Å². The van der Waals surface area contributed by atoms with E-state index >= 15 is 0 Å². The number of phenolic OH excluding ortho intramolecular Hbond substituents is 1. The smallest absolute Gasteiger partial charge is 0.414 e. The molecule has 3 heterocycles. The molecule has 0 radical (unpaired) electrons. The van der Waals surface area contributed by atoms with Gasteiger partial charge in [-0.05, 0) is 336 Å². The number of ketones is 2. The molecule has 2 atom stereocenters. The molecule has 16 rings (SSSR count). The van der Waals surface area contributed by atoms with E-state index in [4.69, 9.17) is 79.8 Å². The highest BCUT2D eigenvalue weighted by Crippen LogP contribution is 2.49. The van der Waals surface area contributed by atoms with Crippen molar-refractivity contribution in [2.45, 2.75) is 144 Å². The number of nitrogens with zero attached hydrogens (tertiary/aromatic N) is 2. The molecule has 150 heavy (non-hydrogen) atoms. The molecule has 11 N–H and O–H groups in total. The van der Waals surface area contributed by atoms with Crippen molar-refractivity contribution in [3.63, 3.8) is 0 Å². The monoisotopic (exact) mass is 2290 g/mol. The number of ether oxygens (including phenoxy) is 5. The first kappa shape index (κ1) is 118. The van der Waals surface area contributed by atoms with Crippen molar-refractivity contribution in [2.75, 3.05) is 82.4 Å². The molecular weight excluding hydrogens is 2180 g/mol. The number of rotatable bonds is 16. The number of nitrogen functional groups attached to an aromatic ring is 2. The second-order valence-corrected chi connectivity index (χ2v) is 40.1. The average Bonchev–Trinajstić information content (AvgIpc) is 1.60. The van der Waals surface area contributed by atoms with Crippen LogP contribution in [0.5, 0.6) is 11.5 Å². The van der Waals surface area contributed by atoms with E-state index in [-0.39, 0.29) is 47.6 Å². The topological polar surface area (TPSA) is 392 Å². The van der Waals surface area contributed by atoms with Gasteiger partial charge in [-0.1, -0.05) is 133 Å². The fourth-order valence-electron chi connectivity index (χ4n) is 15.0. The van der Waals surface area contributed by atoms with E-state index in [1.807, 2.05) is 150 Å². The van der Waals surface area contributed by atoms with Crippen molar-refractivity contribution in [3.05, 3.63) is 358 Å². The molecule has 1 saturated heterocycles. The third-order valence-corrected chi connectivity index (χ3v) is 23.7. The molecule has 0 aliphatic carbocycles. The Morgan fingerprint density at radius 2 is 0.933 bits per heavy atom. The predicted octanol–water partition coefficient (Wildman–Crippen LogP) is 25.8. The van der Waals surface area contributed by atoms with Gasteiger partial charge in [0.05, 0.1) is 25.5 Å². The van der Waals surface area contributed by atoms with Gasteiger partial charge in [0.2, 0.25) is 0 Å². The van der Waals surface area contributed by atoms with Crippen LogP contribution in [0.25, 0.3) is 21.5 Å². The third kappa shape index (κ3) is 39.4. The zero-order valence-corrected chi connectivity index (χ0v) is 90.9. The number of fused-ring (bicyclic) bond motifs is 6. The number of anilines is 7. The molecule has 0 unspecified atom stereocenters. The molecule has 31 heteroatoms. The Labute approximate surface area is 912 Å². The van der Waals surface area contributed by atoms with E-state index in [2.05, 4.69) is 104 Å². The van der Waals surface area contributed by atoms with Gasteiger partial charge in [0.1, 0.15) is 34.9 Å². The number of nitrogens with one attached hydrogen (secondary N) is 3. The maximum absolute atomic E-state index is 13.2. The van der Waals surface area contributed by atoms with Crippen molar-refractivity contribution in [1.29, 1.82) is 0 Å². The van der Waals surface area contributed by atoms with Crippen LogP contribution in [0.1, 0.15) is 185 Å². The minimum atomic E-state index is -1.22. The average molecular weight is 2300 g/mol. The molecule has 26 nitrogen and oxygen atoms in total. The molecule has 780 valence electrons. The third-order valence-electron chi connectivity index (χ3n) is 21.7. The number of benzene rings is 13. The molecular formula is C119H120Cl2FI2N7O19. The number of halogens is 5. The number of carbonyl (C=O) groups is 10. The molecule has 5 amide bonds. The summed E-state index contributed by atoms with van der Waals surface area (Å²) < 4.78 is 45.1. The minimum Gasteiger partial charge on any atom is -0.507 e. The number of terminal acetylenes is 1. The van der Waals surface area contributed by atoms with Gasteiger partial charge in [0.15, 0.2) is 11.6 Å². The number of hydrogen-bond acceptors (Lipinski definition) is 18. The number of nitrogens with two attached hydrogens (primary N) is 2. The van der Waals surface area contributed by atoms with Gasteiger partial charge in [-0.2, -0.15) is 0 Å². The van der Waals surface area contributed by atoms with Gasteiger partial charge in [-0.25, -0.2) is 28.8 Å². The predicted molar refractivity (Wildman–Crippen MR) is 609 cm³/mol. The summed E-state index contributed by atoms with van der Waals surface area (Å²) in [4.78, 5) is 120. The summed E-state index contributed by atoms with van der Waals surface area (Å²) in [6.45, 7) is 25.7. The van der Waals surface area contributed by atoms with Crippen LogP contribution in [0.15, 0.2) is 273 Å². The lowest BCUT2D eigenvalue weighted by Gasteiger charge is -2.25. The van der Waals surface area contributed by atoms with E-state index in [0.29, 0.717) is 99.7 Å². The second-order valence-electron chi connectivity index (χ2n) is 37.0. The lowest BCUT2D eigenvalue weighted by molar-refractivity contribution is -0.131. The Balaban J connectivity index is 0.000000224. The number of hydrogen-bond donors (Lipinski definition) is 9. The number of amides is 5. The molecule has 3 aliphatic heterocycles. The maximum Gasteiger partial charge on any atom is 0.414 e. The molecule has 13 aromatic rings. The van der Waals surface area contributed by atoms with Crippen molar-refractivity contribution >= 4 is 189 Å². The minimum absolute atomic E-state index is 0.0379. The van der Waals surface area contributed by atoms with Gasteiger partial charge < -0.3 is 65.8 Å². The second kappa shape index (κ2) is 58.4. The molecule has 0 aromatic heterocycles. The summed E-state index contributed by atoms with van der Waals surface area (Å²) in [5, 5.41) is 47.2. The van der Waals surface area contributed by atoms with Gasteiger partial charge in [-0.3, -0.25) is 39.1 Å². The number of phenols is 1. The Morgan fingerprint density at radius 1 is 0.487 bits per heavy atom. The number of aryl methyl sites for hydroxylation is 3. The first-order chi connectivity index (χ1) is 71.6. The summed E-state index contributed by atoms with van der Waals surface area (Å²) in [5.74, 6) is 9.22. The molecule has 1 fully saturated rings. The van der Waals surface area contributed by atoms with Gasteiger partial charge in [0, 0.05) is 167 Å². The molecule has 13 aromatic carbocycles. The van der Waals surface area contributed by atoms with Gasteiger partial charge >= 0.3 is 42.1 Å². The zero-order valence-electron chi connectivity index (χ0n) is 86.0. The summed E-state index contributed by atoms with van der Waals surface area (Å²) in [5.41, 5.74) is 25.1. The molecule has 0 saturated carbocycles. The molecule has 0 bridgehead atoms. The quantitative estimate of drug-likeness (QED) is 0.0108. The SMILES string of the molecule is C#CC(=O)O.C1CCOC1.CC(C)(C)OC(=O)Nc1ccc(C(=O)Cc2cccc(C#CC(=O)O)c2)cc1.CC(C)(C)OC(=O)Nc1ccc(C(=O)Cc2cccc(I)c2)cc1.Cc1ccc(C(=O)O)cc1.Cc1cccc2c(O)cc3c(c12)[C@H](CCl)CN3C(=O)C#Cc1cccc(NC(=O)c2ccc(N)cc2)c1.Cc1cccc2c(OCc3ccccc3)cc3c(c12)[C@H](CCl)CN3C(=O)OC(C)(C)C.Nc1cccc(I)c1.[2H]CF. The summed E-state index contributed by atoms with van der Waals surface area (Å²) >= 11 is 17.1. The number of aromatic carboxylic acids is 1. The maximum atomic E-state index is 13.2. The van der Waals surface area contributed by atoms with Crippen LogP contribution in [0.4, 0.5) is 58.6 Å². The van der Waals surface area contributed by atoms with E-state index < -0.39 is 60.0 Å². The Bertz CT molecular complexity index is 7090. The Morgan fingerprint density at radius 3 is 1.41 bits per heavy atom. The van der Waals surface area contributed by atoms with Crippen LogP contribution in [-0.4, -0.2) is 142 Å². The summed E-state index contributed by atoms with van der Waals surface area (Å²) in [6.07, 6.45) is 5.95. The van der Waals surface area contributed by atoms with Crippen molar-refractivity contribution in [1.82, 2.24) is 0 Å². The normalized spacial score (nSPS) is 12.7. The highest BCUT2D eigenvalue weighted by molar-refractivity contribution is 14.1. The fraction of sp³-hybridized carbons (Fsp3) is 0.244. The first-order valence-electron chi connectivity index (χ1n) is 47.9. The number of aliphatic carboxylic acids is 2. The fourth-order valence-corrected chi connectivity index (χ4v) is 16.7. The first-order valence-corrected chi connectivity index (χ1v) is 50.4. The van der Waals surface area contributed by atoms with Crippen molar-refractivity contribution in [3.8, 4) is 47.5 Å². The Hall–Kier alpha value is -15.3. The zero-order chi connectivity index (χ0) is 111. The van der Waals surface area contributed by atoms with Crippen LogP contribution in [0.2, 0.25) is 0 Å². The lowest BCUT2D eigenvalue weighted by atomic mass is 9.92. The van der Waals surface area contributed by atoms with Gasteiger partial charge in [0.25, 0.3) is 5.91 Å². The van der Waals surface area contributed by atoms with Crippen LogP contribution in [-0.2, 0) is 52.8 Å². The highest BCUT2D eigenvalue weighted by Gasteiger charge is 2.39. The van der Waals surface area contributed by atoms with Gasteiger partial charge in [-0.15, -0.1) is 29.6 Å². The number of Topliss-reactive ketones (excluding diaryl/α,β-unsaturated/α-hetero) is 2. The van der Waals surface area contributed by atoms with Crippen molar-refractivity contribution < 1.29 is 97.8 Å². The summed E-state index contributed by atoms with van der Waals surface area (Å²) in [7, 11) is -1.00. The van der Waals surface area contributed by atoms with Crippen LogP contribution < -0.4 is 42.0 Å². The summed E-state index contributed by atoms with van der Waals surface area (Å²) in [6, 6.07) is 81.8. The van der Waals surface area contributed by atoms with Crippen molar-refractivity contribution in [2.24, 2.45) is 0 Å². The van der Waals surface area contributed by atoms with Crippen LogP contribution >= 0.6 is 68.4 Å². The number of carboxylic acids is 3.